The molecule has 2 N–H and O–H groups in total. The monoisotopic (exact) mass is 457 g/mol. The molecule has 0 bridgehead atoms. The Morgan fingerprint density at radius 3 is 2.35 bits per heavy atom. The molecule has 0 saturated heterocycles. The molecule has 0 aromatic heterocycles. The van der Waals surface area contributed by atoms with Crippen LogP contribution in [-0.2, 0) is 9.59 Å². The SMILES string of the molecule is CCCN(CC(=O)NCCOc1ccc(Cl)cc1)CC(=O)Nc1ccc(F)c(F)c1F. The fourth-order valence-corrected chi connectivity index (χ4v) is 2.82. The van der Waals surface area contributed by atoms with E-state index in [2.05, 4.69) is 10.6 Å². The first-order valence-corrected chi connectivity index (χ1v) is 9.98. The van der Waals surface area contributed by atoms with Crippen molar-refractivity contribution in [1.82, 2.24) is 10.2 Å². The maximum Gasteiger partial charge on any atom is 0.238 e. The van der Waals surface area contributed by atoms with Gasteiger partial charge < -0.3 is 15.4 Å². The van der Waals surface area contributed by atoms with Crippen molar-refractivity contribution in [2.24, 2.45) is 0 Å². The van der Waals surface area contributed by atoms with E-state index in [1.54, 1.807) is 29.2 Å². The summed E-state index contributed by atoms with van der Waals surface area (Å²) in [6, 6.07) is 8.45. The van der Waals surface area contributed by atoms with Crippen molar-refractivity contribution in [3.8, 4) is 5.75 Å². The third kappa shape index (κ3) is 8.10. The number of ether oxygens (including phenoxy) is 1. The summed E-state index contributed by atoms with van der Waals surface area (Å²) in [6.07, 6.45) is 0.666. The van der Waals surface area contributed by atoms with Crippen LogP contribution >= 0.6 is 11.6 Å². The van der Waals surface area contributed by atoms with Crippen LogP contribution in [0.4, 0.5) is 18.9 Å². The van der Waals surface area contributed by atoms with E-state index in [1.165, 1.54) is 0 Å². The van der Waals surface area contributed by atoms with Crippen LogP contribution in [0.1, 0.15) is 13.3 Å². The molecule has 10 heteroatoms. The van der Waals surface area contributed by atoms with Crippen molar-refractivity contribution in [3.63, 3.8) is 0 Å². The molecule has 0 aliphatic heterocycles. The fourth-order valence-electron chi connectivity index (χ4n) is 2.69. The van der Waals surface area contributed by atoms with E-state index in [-0.39, 0.29) is 32.1 Å². The lowest BCUT2D eigenvalue weighted by molar-refractivity contribution is -0.123. The van der Waals surface area contributed by atoms with E-state index in [1.807, 2.05) is 6.92 Å². The van der Waals surface area contributed by atoms with Gasteiger partial charge in [0.1, 0.15) is 12.4 Å². The van der Waals surface area contributed by atoms with E-state index in [0.29, 0.717) is 23.7 Å². The summed E-state index contributed by atoms with van der Waals surface area (Å²) in [5.41, 5.74) is -0.468. The van der Waals surface area contributed by atoms with E-state index in [9.17, 15) is 22.8 Å². The molecule has 0 atom stereocenters. The molecule has 0 unspecified atom stereocenters. The first-order valence-electron chi connectivity index (χ1n) is 9.61. The zero-order chi connectivity index (χ0) is 22.8. The second-order valence-electron chi connectivity index (χ2n) is 6.63. The zero-order valence-corrected chi connectivity index (χ0v) is 17.6. The first-order chi connectivity index (χ1) is 14.8. The van der Waals surface area contributed by atoms with Gasteiger partial charge in [-0.2, -0.15) is 0 Å². The Hall–Kier alpha value is -2.78. The van der Waals surface area contributed by atoms with Gasteiger partial charge in [0, 0.05) is 5.02 Å². The number of nitrogens with zero attached hydrogens (tertiary/aromatic N) is 1. The summed E-state index contributed by atoms with van der Waals surface area (Å²) in [7, 11) is 0. The molecule has 2 rings (SSSR count). The Bertz CT molecular complexity index is 897. The van der Waals surface area contributed by atoms with Gasteiger partial charge >= 0.3 is 0 Å². The second kappa shape index (κ2) is 12.2. The predicted molar refractivity (Wildman–Crippen MR) is 112 cm³/mol. The molecule has 0 radical (unpaired) electrons. The van der Waals surface area contributed by atoms with Crippen molar-refractivity contribution in [1.29, 1.82) is 0 Å². The number of halogens is 4. The lowest BCUT2D eigenvalue weighted by atomic mass is 10.2. The molecule has 31 heavy (non-hydrogen) atoms. The van der Waals surface area contributed by atoms with Crippen LogP contribution in [0.2, 0.25) is 5.02 Å². The van der Waals surface area contributed by atoms with E-state index in [0.717, 1.165) is 12.1 Å². The number of hydrogen-bond donors (Lipinski definition) is 2. The number of anilines is 1. The van der Waals surface area contributed by atoms with Crippen LogP contribution in [-0.4, -0.2) is 49.5 Å². The van der Waals surface area contributed by atoms with Gasteiger partial charge in [-0.3, -0.25) is 14.5 Å². The second-order valence-corrected chi connectivity index (χ2v) is 7.07. The van der Waals surface area contributed by atoms with Gasteiger partial charge in [-0.1, -0.05) is 18.5 Å². The quantitative estimate of drug-likeness (QED) is 0.399. The molecular weight excluding hydrogens is 435 g/mol. The van der Waals surface area contributed by atoms with E-state index < -0.39 is 29.0 Å². The first kappa shape index (κ1) is 24.5. The number of amides is 2. The lowest BCUT2D eigenvalue weighted by Gasteiger charge is -2.20. The highest BCUT2D eigenvalue weighted by atomic mass is 35.5. The minimum absolute atomic E-state index is 0.0670. The summed E-state index contributed by atoms with van der Waals surface area (Å²) in [6.45, 7) is 2.52. The third-order valence-electron chi connectivity index (χ3n) is 4.09. The Labute approximate surface area is 183 Å². The highest BCUT2D eigenvalue weighted by Gasteiger charge is 2.18. The van der Waals surface area contributed by atoms with Gasteiger partial charge in [0.2, 0.25) is 11.8 Å². The highest BCUT2D eigenvalue weighted by molar-refractivity contribution is 6.30. The average Bonchev–Trinajstić information content (AvgIpc) is 2.73. The van der Waals surface area contributed by atoms with Gasteiger partial charge in [-0.05, 0) is 49.4 Å². The summed E-state index contributed by atoms with van der Waals surface area (Å²) in [5, 5.41) is 5.47. The molecule has 6 nitrogen and oxygen atoms in total. The molecular formula is C21H23ClF3N3O3. The van der Waals surface area contributed by atoms with Crippen molar-refractivity contribution in [2.75, 3.05) is 38.1 Å². The maximum atomic E-state index is 13.7. The normalized spacial score (nSPS) is 10.8. The molecule has 0 spiro atoms. The van der Waals surface area contributed by atoms with Crippen LogP contribution in [0.15, 0.2) is 36.4 Å². The van der Waals surface area contributed by atoms with E-state index >= 15 is 0 Å². The molecule has 2 aromatic rings. The Kier molecular flexibility index (Phi) is 9.61. The molecule has 0 fully saturated rings. The van der Waals surface area contributed by atoms with Crippen LogP contribution < -0.4 is 15.4 Å². The summed E-state index contributed by atoms with van der Waals surface area (Å²) < 4.78 is 45.5. The average molecular weight is 458 g/mol. The summed E-state index contributed by atoms with van der Waals surface area (Å²) >= 11 is 5.79. The standard InChI is InChI=1S/C21H23ClF3N3O3/c1-2-10-28(13-19(30)27-17-8-7-16(23)20(24)21(17)25)12-18(29)26-9-11-31-15-5-3-14(22)4-6-15/h3-8H,2,9-13H2,1H3,(H,26,29)(H,27,30). The molecule has 0 aliphatic rings. The predicted octanol–water partition coefficient (Wildman–Crippen LogP) is 3.60. The fraction of sp³-hybridized carbons (Fsp3) is 0.333. The topological polar surface area (TPSA) is 70.7 Å². The van der Waals surface area contributed by atoms with Gasteiger partial charge in [0.25, 0.3) is 0 Å². The van der Waals surface area contributed by atoms with Gasteiger partial charge in [-0.25, -0.2) is 13.2 Å². The zero-order valence-electron chi connectivity index (χ0n) is 16.9. The number of hydrogen-bond acceptors (Lipinski definition) is 4. The number of carbonyl (C=O) groups is 2. The van der Waals surface area contributed by atoms with Gasteiger partial charge in [0.15, 0.2) is 17.5 Å². The Balaban J connectivity index is 1.79. The molecule has 168 valence electrons. The smallest absolute Gasteiger partial charge is 0.238 e. The minimum Gasteiger partial charge on any atom is -0.492 e. The lowest BCUT2D eigenvalue weighted by Crippen LogP contribution is -2.42. The van der Waals surface area contributed by atoms with Crippen LogP contribution in [0, 0.1) is 17.5 Å². The van der Waals surface area contributed by atoms with Crippen molar-refractivity contribution in [2.45, 2.75) is 13.3 Å². The third-order valence-corrected chi connectivity index (χ3v) is 4.34. The van der Waals surface area contributed by atoms with Crippen molar-refractivity contribution >= 4 is 29.1 Å². The molecule has 0 aliphatic carbocycles. The van der Waals surface area contributed by atoms with Crippen LogP contribution in [0.5, 0.6) is 5.75 Å². The largest absolute Gasteiger partial charge is 0.492 e. The van der Waals surface area contributed by atoms with Gasteiger partial charge in [0.05, 0.1) is 25.3 Å². The van der Waals surface area contributed by atoms with Gasteiger partial charge in [-0.15, -0.1) is 0 Å². The summed E-state index contributed by atoms with van der Waals surface area (Å²) in [5.74, 6) is -4.85. The van der Waals surface area contributed by atoms with Crippen LogP contribution in [0.25, 0.3) is 0 Å². The number of rotatable bonds is 11. The van der Waals surface area contributed by atoms with Crippen molar-refractivity contribution in [3.05, 3.63) is 58.9 Å². The molecule has 2 aromatic carbocycles. The Morgan fingerprint density at radius 1 is 1.00 bits per heavy atom. The molecule has 0 heterocycles. The van der Waals surface area contributed by atoms with E-state index in [4.69, 9.17) is 16.3 Å². The maximum absolute atomic E-state index is 13.7. The molecule has 0 saturated carbocycles. The molecule has 2 amide bonds. The van der Waals surface area contributed by atoms with Crippen LogP contribution in [0.3, 0.4) is 0 Å². The summed E-state index contributed by atoms with van der Waals surface area (Å²) in [4.78, 5) is 25.9. The number of carbonyl (C=O) groups excluding carboxylic acids is 2. The highest BCUT2D eigenvalue weighted by Crippen LogP contribution is 2.19. The minimum atomic E-state index is -1.66. The number of benzene rings is 2. The Morgan fingerprint density at radius 2 is 1.68 bits per heavy atom. The van der Waals surface area contributed by atoms with Crippen molar-refractivity contribution < 1.29 is 27.5 Å². The number of nitrogens with one attached hydrogen (secondary N) is 2.